The molecule has 0 aromatic heterocycles. The summed E-state index contributed by atoms with van der Waals surface area (Å²) in [5.74, 6) is 0. The summed E-state index contributed by atoms with van der Waals surface area (Å²) in [6.45, 7) is 0. The van der Waals surface area contributed by atoms with Crippen molar-refractivity contribution in [2.24, 2.45) is 0 Å². The maximum absolute atomic E-state index is 3.70. The average Bonchev–Trinajstić information content (AvgIpc) is 2.90. The van der Waals surface area contributed by atoms with Crippen LogP contribution in [-0.2, 0) is 0 Å². The van der Waals surface area contributed by atoms with Crippen LogP contribution >= 0.6 is 15.9 Å². The fourth-order valence-corrected chi connectivity index (χ4v) is 3.35. The number of fused-ring (bicyclic) bond motifs is 3. The van der Waals surface area contributed by atoms with E-state index in [-0.39, 0.29) is 0 Å². The second kappa shape index (κ2) is 5.01. The molecule has 1 heteroatoms. The van der Waals surface area contributed by atoms with Crippen molar-refractivity contribution in [3.8, 4) is 11.1 Å². The Bertz CT molecular complexity index is 937. The highest BCUT2D eigenvalue weighted by Gasteiger charge is 2.12. The first-order chi connectivity index (χ1) is 10.3. The topological polar surface area (TPSA) is 0 Å². The highest BCUT2D eigenvalue weighted by atomic mass is 79.9. The minimum Gasteiger partial charge on any atom is -0.0622 e. The standard InChI is InChI=1S/C20H13Br/c21-20-11-10-17-16-9-5-4-8-15(16)13-18(17)19(20)12-14-6-2-1-3-7-14/h1-13H/b19-12-. The largest absolute Gasteiger partial charge is 0.0622 e. The molecule has 3 aromatic rings. The van der Waals surface area contributed by atoms with E-state index in [1.165, 1.54) is 32.7 Å². The van der Waals surface area contributed by atoms with E-state index in [4.69, 9.17) is 0 Å². The first-order valence-corrected chi connectivity index (χ1v) is 7.79. The molecule has 0 nitrogen and oxygen atoms in total. The summed E-state index contributed by atoms with van der Waals surface area (Å²) in [4.78, 5) is 0. The molecule has 1 aliphatic rings. The average molecular weight is 333 g/mol. The Morgan fingerprint density at radius 2 is 1.48 bits per heavy atom. The van der Waals surface area contributed by atoms with Crippen LogP contribution in [0.25, 0.3) is 23.3 Å². The quantitative estimate of drug-likeness (QED) is 0.492. The number of halogens is 1. The summed E-state index contributed by atoms with van der Waals surface area (Å²) in [6.07, 6.45) is 4.52. The minimum absolute atomic E-state index is 1.13. The molecule has 0 saturated heterocycles. The minimum atomic E-state index is 1.13. The van der Waals surface area contributed by atoms with Crippen molar-refractivity contribution in [3.05, 3.63) is 92.8 Å². The highest BCUT2D eigenvalue weighted by molar-refractivity contribution is 9.10. The summed E-state index contributed by atoms with van der Waals surface area (Å²) in [5.41, 5.74) is 5.16. The SMILES string of the molecule is Brc1ccc2c(/c1=C/c1ccccc1)=Cc1ccccc1-2. The fraction of sp³-hybridized carbons (Fsp3) is 0. The summed E-state index contributed by atoms with van der Waals surface area (Å²) in [7, 11) is 0. The van der Waals surface area contributed by atoms with Crippen molar-refractivity contribution in [1.29, 1.82) is 0 Å². The molecule has 0 saturated carbocycles. The van der Waals surface area contributed by atoms with Crippen molar-refractivity contribution in [3.63, 3.8) is 0 Å². The molecule has 0 N–H and O–H groups in total. The number of benzene rings is 3. The molecule has 0 heterocycles. The van der Waals surface area contributed by atoms with Gasteiger partial charge in [-0.3, -0.25) is 0 Å². The third-order valence-electron chi connectivity index (χ3n) is 3.90. The van der Waals surface area contributed by atoms with E-state index in [2.05, 4.69) is 88.7 Å². The van der Waals surface area contributed by atoms with Crippen molar-refractivity contribution in [2.45, 2.75) is 0 Å². The van der Waals surface area contributed by atoms with Gasteiger partial charge in [-0.1, -0.05) is 76.6 Å². The third kappa shape index (κ3) is 2.14. The van der Waals surface area contributed by atoms with Crippen molar-refractivity contribution >= 4 is 28.1 Å². The van der Waals surface area contributed by atoms with E-state index in [1.54, 1.807) is 0 Å². The van der Waals surface area contributed by atoms with Gasteiger partial charge in [0.15, 0.2) is 0 Å². The molecule has 4 rings (SSSR count). The van der Waals surface area contributed by atoms with Gasteiger partial charge >= 0.3 is 0 Å². The summed E-state index contributed by atoms with van der Waals surface area (Å²) in [5, 5.41) is 2.55. The van der Waals surface area contributed by atoms with Gasteiger partial charge in [-0.15, -0.1) is 0 Å². The number of rotatable bonds is 1. The molecule has 0 aliphatic heterocycles. The lowest BCUT2D eigenvalue weighted by Crippen LogP contribution is -2.26. The second-order valence-corrected chi connectivity index (χ2v) is 6.06. The Hall–Kier alpha value is -2.12. The first kappa shape index (κ1) is 12.6. The van der Waals surface area contributed by atoms with Gasteiger partial charge in [-0.2, -0.15) is 0 Å². The van der Waals surface area contributed by atoms with E-state index in [0.717, 1.165) is 4.47 Å². The maximum Gasteiger partial charge on any atom is 0.0254 e. The van der Waals surface area contributed by atoms with E-state index in [0.29, 0.717) is 0 Å². The lowest BCUT2D eigenvalue weighted by molar-refractivity contribution is 1.48. The second-order valence-electron chi connectivity index (χ2n) is 5.21. The van der Waals surface area contributed by atoms with Crippen LogP contribution in [0.15, 0.2) is 71.2 Å². The monoisotopic (exact) mass is 332 g/mol. The molecule has 1 aliphatic carbocycles. The zero-order valence-electron chi connectivity index (χ0n) is 11.4. The van der Waals surface area contributed by atoms with Crippen LogP contribution in [0.5, 0.6) is 0 Å². The Labute approximate surface area is 132 Å². The Balaban J connectivity index is 2.05. The molecule has 0 atom stereocenters. The Kier molecular flexibility index (Phi) is 3.01. The van der Waals surface area contributed by atoms with Crippen LogP contribution < -0.4 is 10.4 Å². The maximum atomic E-state index is 3.70. The van der Waals surface area contributed by atoms with Crippen molar-refractivity contribution in [1.82, 2.24) is 0 Å². The summed E-state index contributed by atoms with van der Waals surface area (Å²) < 4.78 is 1.13. The zero-order chi connectivity index (χ0) is 14.2. The van der Waals surface area contributed by atoms with Gasteiger partial charge in [0.2, 0.25) is 0 Å². The summed E-state index contributed by atoms with van der Waals surface area (Å²) in [6, 6.07) is 23.4. The predicted molar refractivity (Wildman–Crippen MR) is 92.4 cm³/mol. The first-order valence-electron chi connectivity index (χ1n) is 6.99. The van der Waals surface area contributed by atoms with Gasteiger partial charge in [0.1, 0.15) is 0 Å². The predicted octanol–water partition coefficient (Wildman–Crippen LogP) is 4.09. The molecular formula is C20H13Br. The molecule has 0 unspecified atom stereocenters. The van der Waals surface area contributed by atoms with Crippen molar-refractivity contribution in [2.75, 3.05) is 0 Å². The van der Waals surface area contributed by atoms with Gasteiger partial charge in [0, 0.05) is 4.47 Å². The van der Waals surface area contributed by atoms with E-state index < -0.39 is 0 Å². The van der Waals surface area contributed by atoms with E-state index >= 15 is 0 Å². The van der Waals surface area contributed by atoms with Crippen LogP contribution in [0.1, 0.15) is 11.1 Å². The Morgan fingerprint density at radius 1 is 0.714 bits per heavy atom. The molecule has 0 spiro atoms. The number of hydrogen-bond acceptors (Lipinski definition) is 0. The van der Waals surface area contributed by atoms with Gasteiger partial charge in [-0.05, 0) is 50.9 Å². The molecule has 21 heavy (non-hydrogen) atoms. The fourth-order valence-electron chi connectivity index (χ4n) is 2.89. The third-order valence-corrected chi connectivity index (χ3v) is 4.59. The highest BCUT2D eigenvalue weighted by Crippen LogP contribution is 2.25. The van der Waals surface area contributed by atoms with Crippen LogP contribution in [0, 0.1) is 0 Å². The van der Waals surface area contributed by atoms with Gasteiger partial charge in [0.05, 0.1) is 0 Å². The summed E-state index contributed by atoms with van der Waals surface area (Å²) >= 11 is 3.70. The molecular weight excluding hydrogens is 320 g/mol. The molecule has 0 amide bonds. The lowest BCUT2D eigenvalue weighted by Gasteiger charge is -2.02. The normalized spacial score (nSPS) is 12.7. The van der Waals surface area contributed by atoms with Gasteiger partial charge in [-0.25, -0.2) is 0 Å². The molecule has 0 radical (unpaired) electrons. The van der Waals surface area contributed by atoms with Crippen LogP contribution in [0.4, 0.5) is 0 Å². The van der Waals surface area contributed by atoms with Crippen LogP contribution in [0.3, 0.4) is 0 Å². The molecule has 0 fully saturated rings. The van der Waals surface area contributed by atoms with Gasteiger partial charge in [0.25, 0.3) is 0 Å². The van der Waals surface area contributed by atoms with E-state index in [9.17, 15) is 0 Å². The van der Waals surface area contributed by atoms with E-state index in [1.807, 2.05) is 6.07 Å². The van der Waals surface area contributed by atoms with Gasteiger partial charge < -0.3 is 0 Å². The smallest absolute Gasteiger partial charge is 0.0254 e. The Morgan fingerprint density at radius 3 is 2.33 bits per heavy atom. The van der Waals surface area contributed by atoms with Crippen molar-refractivity contribution < 1.29 is 0 Å². The van der Waals surface area contributed by atoms with Crippen LogP contribution in [0.2, 0.25) is 0 Å². The lowest BCUT2D eigenvalue weighted by atomic mass is 10.0. The molecule has 3 aromatic carbocycles. The number of hydrogen-bond donors (Lipinski definition) is 0. The molecule has 100 valence electrons. The zero-order valence-corrected chi connectivity index (χ0v) is 13.0. The van der Waals surface area contributed by atoms with Crippen LogP contribution in [-0.4, -0.2) is 0 Å². The molecule has 0 bridgehead atoms.